The first-order chi connectivity index (χ1) is 8.16. The number of nitrogens with one attached hydrogen (secondary N) is 1. The number of aromatic nitrogens is 1. The van der Waals surface area contributed by atoms with E-state index in [1.807, 2.05) is 0 Å². The van der Waals surface area contributed by atoms with Crippen LogP contribution in [0.5, 0.6) is 0 Å². The fourth-order valence-corrected chi connectivity index (χ4v) is 1.50. The first-order valence-corrected chi connectivity index (χ1v) is 5.12. The van der Waals surface area contributed by atoms with Crippen molar-refractivity contribution in [3.05, 3.63) is 69.9 Å². The van der Waals surface area contributed by atoms with E-state index in [1.165, 1.54) is 24.4 Å². The molecule has 3 nitrogen and oxygen atoms in total. The molecule has 0 spiro atoms. The number of Topliss-reactive ketones (excluding diaryl/α,β-unsaturated/α-hetero) is 1. The molecule has 0 amide bonds. The maximum absolute atomic E-state index is 13.3. The number of rotatable bonds is 3. The predicted molar refractivity (Wildman–Crippen MR) is 61.5 cm³/mol. The number of carbonyl (C=O) groups excluding carboxylic acids is 1. The fraction of sp³-hybridized carbons (Fsp3) is 0.0769. The zero-order chi connectivity index (χ0) is 12.3. The van der Waals surface area contributed by atoms with Gasteiger partial charge in [-0.3, -0.25) is 9.59 Å². The molecule has 86 valence electrons. The standard InChI is InChI=1S/C13H10FNO2/c14-11-4-2-1-3-9(11)7-12(16)10-5-6-13(17)15-8-10/h1-6,8H,7H2,(H,15,17). The molecule has 0 fully saturated rings. The van der Waals surface area contributed by atoms with Gasteiger partial charge in [0, 0.05) is 24.2 Å². The Morgan fingerprint density at radius 3 is 2.59 bits per heavy atom. The number of pyridine rings is 1. The molecule has 2 rings (SSSR count). The zero-order valence-electron chi connectivity index (χ0n) is 8.94. The molecule has 17 heavy (non-hydrogen) atoms. The van der Waals surface area contributed by atoms with Crippen LogP contribution < -0.4 is 5.56 Å². The van der Waals surface area contributed by atoms with Crippen LogP contribution in [0, 0.1) is 5.82 Å². The summed E-state index contributed by atoms with van der Waals surface area (Å²) in [5.41, 5.74) is 0.448. The molecule has 0 saturated heterocycles. The molecule has 0 aliphatic carbocycles. The van der Waals surface area contributed by atoms with Crippen molar-refractivity contribution in [2.75, 3.05) is 0 Å². The Morgan fingerprint density at radius 2 is 1.94 bits per heavy atom. The summed E-state index contributed by atoms with van der Waals surface area (Å²) in [7, 11) is 0. The Kier molecular flexibility index (Phi) is 3.14. The van der Waals surface area contributed by atoms with E-state index in [-0.39, 0.29) is 17.8 Å². The van der Waals surface area contributed by atoms with Crippen molar-refractivity contribution in [3.63, 3.8) is 0 Å². The topological polar surface area (TPSA) is 49.9 Å². The highest BCUT2D eigenvalue weighted by Gasteiger charge is 2.09. The smallest absolute Gasteiger partial charge is 0.247 e. The monoisotopic (exact) mass is 231 g/mol. The second kappa shape index (κ2) is 4.74. The van der Waals surface area contributed by atoms with Gasteiger partial charge in [0.2, 0.25) is 5.56 Å². The molecule has 1 N–H and O–H groups in total. The third-order valence-electron chi connectivity index (χ3n) is 2.42. The summed E-state index contributed by atoms with van der Waals surface area (Å²) in [6.07, 6.45) is 1.32. The average Bonchev–Trinajstić information content (AvgIpc) is 2.33. The summed E-state index contributed by atoms with van der Waals surface area (Å²) >= 11 is 0. The highest BCUT2D eigenvalue weighted by molar-refractivity contribution is 5.97. The lowest BCUT2D eigenvalue weighted by Gasteiger charge is -2.02. The minimum absolute atomic E-state index is 0.0152. The normalized spacial score (nSPS) is 10.2. The van der Waals surface area contributed by atoms with Gasteiger partial charge in [0.15, 0.2) is 5.78 Å². The summed E-state index contributed by atoms with van der Waals surface area (Å²) in [5, 5.41) is 0. The van der Waals surface area contributed by atoms with Crippen LogP contribution in [-0.2, 0) is 6.42 Å². The van der Waals surface area contributed by atoms with Gasteiger partial charge >= 0.3 is 0 Å². The molecule has 1 heterocycles. The maximum atomic E-state index is 13.3. The van der Waals surface area contributed by atoms with Crippen LogP contribution >= 0.6 is 0 Å². The summed E-state index contributed by atoms with van der Waals surface area (Å²) in [5.74, 6) is -0.628. The van der Waals surface area contributed by atoms with Crippen LogP contribution in [0.4, 0.5) is 4.39 Å². The van der Waals surface area contributed by atoms with Gasteiger partial charge in [-0.2, -0.15) is 0 Å². The Bertz CT molecular complexity index is 584. The number of hydrogen-bond acceptors (Lipinski definition) is 2. The largest absolute Gasteiger partial charge is 0.328 e. The first-order valence-electron chi connectivity index (χ1n) is 5.12. The average molecular weight is 231 g/mol. The molecule has 0 bridgehead atoms. The van der Waals surface area contributed by atoms with Crippen LogP contribution in [-0.4, -0.2) is 10.8 Å². The minimum Gasteiger partial charge on any atom is -0.328 e. The van der Waals surface area contributed by atoms with E-state index in [4.69, 9.17) is 0 Å². The highest BCUT2D eigenvalue weighted by Crippen LogP contribution is 2.10. The number of aromatic amines is 1. The molecule has 0 aliphatic heterocycles. The van der Waals surface area contributed by atoms with Crippen molar-refractivity contribution < 1.29 is 9.18 Å². The quantitative estimate of drug-likeness (QED) is 0.821. The zero-order valence-corrected chi connectivity index (χ0v) is 8.94. The van der Waals surface area contributed by atoms with E-state index in [0.717, 1.165) is 0 Å². The third kappa shape index (κ3) is 2.66. The van der Waals surface area contributed by atoms with Gasteiger partial charge in [-0.05, 0) is 17.7 Å². The lowest BCUT2D eigenvalue weighted by molar-refractivity contribution is 0.0991. The molecule has 2 aromatic rings. The molecule has 0 radical (unpaired) electrons. The second-order valence-electron chi connectivity index (χ2n) is 3.63. The van der Waals surface area contributed by atoms with Gasteiger partial charge < -0.3 is 4.98 Å². The number of ketones is 1. The SMILES string of the molecule is O=C(Cc1ccccc1F)c1ccc(=O)[nH]c1. The van der Waals surface area contributed by atoms with Crippen molar-refractivity contribution in [3.8, 4) is 0 Å². The van der Waals surface area contributed by atoms with Crippen LogP contribution in [0.25, 0.3) is 0 Å². The fourth-order valence-electron chi connectivity index (χ4n) is 1.50. The third-order valence-corrected chi connectivity index (χ3v) is 2.42. The molecule has 0 unspecified atom stereocenters. The van der Waals surface area contributed by atoms with Crippen molar-refractivity contribution in [2.45, 2.75) is 6.42 Å². The van der Waals surface area contributed by atoms with Gasteiger partial charge in [-0.15, -0.1) is 0 Å². The van der Waals surface area contributed by atoms with E-state index in [9.17, 15) is 14.0 Å². The Labute approximate surface area is 96.9 Å². The van der Waals surface area contributed by atoms with E-state index in [2.05, 4.69) is 4.98 Å². The Morgan fingerprint density at radius 1 is 1.18 bits per heavy atom. The number of carbonyl (C=O) groups is 1. The number of benzene rings is 1. The van der Waals surface area contributed by atoms with Gasteiger partial charge in [0.25, 0.3) is 0 Å². The predicted octanol–water partition coefficient (Wildman–Crippen LogP) is 1.94. The number of halogens is 1. The van der Waals surface area contributed by atoms with Gasteiger partial charge in [0.1, 0.15) is 5.82 Å². The van der Waals surface area contributed by atoms with E-state index in [1.54, 1.807) is 18.2 Å². The highest BCUT2D eigenvalue weighted by atomic mass is 19.1. The Balaban J connectivity index is 2.20. The van der Waals surface area contributed by atoms with Gasteiger partial charge in [0.05, 0.1) is 0 Å². The molecule has 1 aromatic heterocycles. The Hall–Kier alpha value is -2.23. The van der Waals surface area contributed by atoms with Crippen LogP contribution in [0.2, 0.25) is 0 Å². The number of H-pyrrole nitrogens is 1. The lowest BCUT2D eigenvalue weighted by Crippen LogP contribution is -2.09. The molecule has 0 saturated carbocycles. The van der Waals surface area contributed by atoms with Crippen LogP contribution in [0.1, 0.15) is 15.9 Å². The number of hydrogen-bond donors (Lipinski definition) is 1. The molecular weight excluding hydrogens is 221 g/mol. The molecular formula is C13H10FNO2. The van der Waals surface area contributed by atoms with E-state index < -0.39 is 5.82 Å². The summed E-state index contributed by atoms with van der Waals surface area (Å²) in [6.45, 7) is 0. The van der Waals surface area contributed by atoms with Crippen molar-refractivity contribution in [2.24, 2.45) is 0 Å². The lowest BCUT2D eigenvalue weighted by atomic mass is 10.0. The van der Waals surface area contributed by atoms with E-state index >= 15 is 0 Å². The molecule has 0 aliphatic rings. The van der Waals surface area contributed by atoms with Gasteiger partial charge in [-0.25, -0.2) is 4.39 Å². The van der Waals surface area contributed by atoms with Crippen molar-refractivity contribution in [1.29, 1.82) is 0 Å². The van der Waals surface area contributed by atoms with Gasteiger partial charge in [-0.1, -0.05) is 18.2 Å². The molecule has 4 heteroatoms. The molecule has 1 aromatic carbocycles. The van der Waals surface area contributed by atoms with Crippen molar-refractivity contribution >= 4 is 5.78 Å². The summed E-state index contributed by atoms with van der Waals surface area (Å²) < 4.78 is 13.3. The minimum atomic E-state index is -0.398. The van der Waals surface area contributed by atoms with Crippen LogP contribution in [0.3, 0.4) is 0 Å². The first kappa shape index (κ1) is 11.3. The summed E-state index contributed by atoms with van der Waals surface area (Å²) in [6, 6.07) is 8.84. The summed E-state index contributed by atoms with van der Waals surface area (Å²) in [4.78, 5) is 25.0. The van der Waals surface area contributed by atoms with E-state index in [0.29, 0.717) is 11.1 Å². The second-order valence-corrected chi connectivity index (χ2v) is 3.63. The van der Waals surface area contributed by atoms with Crippen molar-refractivity contribution in [1.82, 2.24) is 4.98 Å². The molecule has 0 atom stereocenters. The maximum Gasteiger partial charge on any atom is 0.247 e. The van der Waals surface area contributed by atoms with Crippen LogP contribution in [0.15, 0.2) is 47.4 Å².